The van der Waals surface area contributed by atoms with E-state index in [4.69, 9.17) is 4.74 Å². The molecular weight excluding hydrogens is 468 g/mol. The molecular formula is C29H26F4N2O. The van der Waals surface area contributed by atoms with Gasteiger partial charge in [0, 0.05) is 11.7 Å². The highest BCUT2D eigenvalue weighted by Crippen LogP contribution is 2.41. The molecule has 0 amide bonds. The summed E-state index contributed by atoms with van der Waals surface area (Å²) in [5.74, 6) is -0.0956. The Morgan fingerprint density at radius 3 is 2.44 bits per heavy atom. The van der Waals surface area contributed by atoms with E-state index in [9.17, 15) is 17.6 Å². The fraction of sp³-hybridized carbons (Fsp3) is 0.241. The molecule has 0 bridgehead atoms. The maximum absolute atomic E-state index is 14.8. The fourth-order valence-corrected chi connectivity index (χ4v) is 4.78. The number of rotatable bonds is 6. The molecule has 1 N–H and O–H groups in total. The highest BCUT2D eigenvalue weighted by molar-refractivity contribution is 5.86. The zero-order valence-corrected chi connectivity index (χ0v) is 19.7. The Balaban J connectivity index is 1.31. The number of nitrogens with zero attached hydrogens (tertiary/aromatic N) is 1. The molecule has 36 heavy (non-hydrogen) atoms. The Labute approximate surface area is 207 Å². The minimum absolute atomic E-state index is 0.107. The number of hydrogen-bond acceptors (Lipinski definition) is 3. The van der Waals surface area contributed by atoms with Crippen LogP contribution >= 0.6 is 0 Å². The molecule has 0 aromatic heterocycles. The number of alkyl halides is 3. The van der Waals surface area contributed by atoms with E-state index in [0.717, 1.165) is 12.1 Å². The highest BCUT2D eigenvalue weighted by Gasteiger charge is 2.32. The van der Waals surface area contributed by atoms with Gasteiger partial charge in [0.25, 0.3) is 0 Å². The van der Waals surface area contributed by atoms with Crippen LogP contribution in [0.4, 0.5) is 28.9 Å². The summed E-state index contributed by atoms with van der Waals surface area (Å²) >= 11 is 0. The van der Waals surface area contributed by atoms with Gasteiger partial charge in [-0.1, -0.05) is 48.5 Å². The lowest BCUT2D eigenvalue weighted by molar-refractivity contribution is -0.137. The van der Waals surface area contributed by atoms with Crippen molar-refractivity contribution in [1.29, 1.82) is 0 Å². The molecule has 186 valence electrons. The summed E-state index contributed by atoms with van der Waals surface area (Å²) in [5.41, 5.74) is 1.19. The van der Waals surface area contributed by atoms with Crippen molar-refractivity contribution < 1.29 is 22.3 Å². The van der Waals surface area contributed by atoms with Crippen molar-refractivity contribution in [3.05, 3.63) is 102 Å². The number of hydrogen-bond donors (Lipinski definition) is 1. The lowest BCUT2D eigenvalue weighted by Crippen LogP contribution is -2.39. The van der Waals surface area contributed by atoms with Crippen LogP contribution in [-0.4, -0.2) is 19.2 Å². The van der Waals surface area contributed by atoms with Crippen LogP contribution in [0, 0.1) is 5.82 Å². The lowest BCUT2D eigenvalue weighted by Gasteiger charge is -2.37. The van der Waals surface area contributed by atoms with Gasteiger partial charge in [-0.2, -0.15) is 13.2 Å². The molecule has 0 aliphatic carbocycles. The molecule has 0 saturated carbocycles. The van der Waals surface area contributed by atoms with Crippen LogP contribution in [0.2, 0.25) is 0 Å². The average Bonchev–Trinajstić information content (AvgIpc) is 2.87. The first-order valence-electron chi connectivity index (χ1n) is 11.9. The lowest BCUT2D eigenvalue weighted by atomic mass is 9.99. The zero-order chi connectivity index (χ0) is 25.3. The molecule has 1 aliphatic rings. The third-order valence-corrected chi connectivity index (χ3v) is 6.61. The van der Waals surface area contributed by atoms with E-state index in [-0.39, 0.29) is 17.8 Å². The first-order chi connectivity index (χ1) is 17.3. The van der Waals surface area contributed by atoms with Crippen LogP contribution < -0.4 is 15.0 Å². The number of benzene rings is 4. The number of para-hydroxylation sites is 1. The van der Waals surface area contributed by atoms with Crippen molar-refractivity contribution in [2.24, 2.45) is 0 Å². The van der Waals surface area contributed by atoms with E-state index < -0.39 is 17.6 Å². The first-order valence-corrected chi connectivity index (χ1v) is 11.9. The summed E-state index contributed by atoms with van der Waals surface area (Å²) in [7, 11) is 0. The third kappa shape index (κ3) is 4.88. The quantitative estimate of drug-likeness (QED) is 0.279. The highest BCUT2D eigenvalue weighted by atomic mass is 19.4. The zero-order valence-electron chi connectivity index (χ0n) is 19.7. The minimum atomic E-state index is -4.43. The number of nitrogens with one attached hydrogen (secondary N) is 1. The molecule has 0 saturated heterocycles. The normalized spacial score (nSPS) is 16.5. The SMILES string of the molecule is C[C@@H](NCCC1CN(c2ccc(C(F)(F)F)cc2)c2c(F)cccc2O1)c1cccc2ccccc12. The second kappa shape index (κ2) is 9.82. The number of fused-ring (bicyclic) bond motifs is 2. The Bertz CT molecular complexity index is 1350. The van der Waals surface area contributed by atoms with E-state index in [2.05, 4.69) is 36.5 Å². The van der Waals surface area contributed by atoms with Crippen LogP contribution in [0.5, 0.6) is 5.75 Å². The van der Waals surface area contributed by atoms with E-state index in [1.165, 1.54) is 34.5 Å². The molecule has 1 heterocycles. The second-order valence-corrected chi connectivity index (χ2v) is 9.01. The monoisotopic (exact) mass is 494 g/mol. The molecule has 7 heteroatoms. The molecule has 4 aromatic rings. The van der Waals surface area contributed by atoms with Gasteiger partial charge in [0.2, 0.25) is 0 Å². The van der Waals surface area contributed by atoms with Crippen molar-refractivity contribution in [2.75, 3.05) is 18.0 Å². The van der Waals surface area contributed by atoms with Crippen LogP contribution in [0.3, 0.4) is 0 Å². The van der Waals surface area contributed by atoms with Crippen molar-refractivity contribution in [2.45, 2.75) is 31.7 Å². The van der Waals surface area contributed by atoms with Gasteiger partial charge in [-0.25, -0.2) is 4.39 Å². The van der Waals surface area contributed by atoms with Gasteiger partial charge in [-0.15, -0.1) is 0 Å². The summed E-state index contributed by atoms with van der Waals surface area (Å²) < 4.78 is 60.0. The van der Waals surface area contributed by atoms with Gasteiger partial charge >= 0.3 is 6.18 Å². The van der Waals surface area contributed by atoms with E-state index in [1.54, 1.807) is 17.0 Å². The first kappa shape index (κ1) is 24.1. The minimum Gasteiger partial charge on any atom is -0.486 e. The molecule has 1 unspecified atom stereocenters. The average molecular weight is 495 g/mol. The Kier molecular flexibility index (Phi) is 6.58. The van der Waals surface area contributed by atoms with Crippen molar-refractivity contribution in [3.8, 4) is 5.75 Å². The third-order valence-electron chi connectivity index (χ3n) is 6.61. The fourth-order valence-electron chi connectivity index (χ4n) is 4.78. The van der Waals surface area contributed by atoms with E-state index in [0.29, 0.717) is 30.9 Å². The van der Waals surface area contributed by atoms with Gasteiger partial charge in [-0.3, -0.25) is 0 Å². The van der Waals surface area contributed by atoms with Crippen LogP contribution in [0.1, 0.15) is 30.5 Å². The van der Waals surface area contributed by atoms with Crippen molar-refractivity contribution >= 4 is 22.1 Å². The molecule has 5 rings (SSSR count). The Morgan fingerprint density at radius 1 is 0.944 bits per heavy atom. The number of ether oxygens (including phenoxy) is 1. The molecule has 4 aromatic carbocycles. The molecule has 0 fully saturated rings. The number of halogens is 4. The van der Waals surface area contributed by atoms with Gasteiger partial charge < -0.3 is 15.0 Å². The smallest absolute Gasteiger partial charge is 0.416 e. The predicted molar refractivity (Wildman–Crippen MR) is 134 cm³/mol. The van der Waals surface area contributed by atoms with E-state index in [1.807, 2.05) is 18.2 Å². The summed E-state index contributed by atoms with van der Waals surface area (Å²) in [6, 6.07) is 24.0. The van der Waals surface area contributed by atoms with Crippen LogP contribution in [0.15, 0.2) is 84.9 Å². The molecule has 1 aliphatic heterocycles. The largest absolute Gasteiger partial charge is 0.486 e. The maximum atomic E-state index is 14.8. The molecule has 2 atom stereocenters. The van der Waals surface area contributed by atoms with Crippen molar-refractivity contribution in [1.82, 2.24) is 5.32 Å². The topological polar surface area (TPSA) is 24.5 Å². The summed E-state index contributed by atoms with van der Waals surface area (Å²) in [6.45, 7) is 3.09. The van der Waals surface area contributed by atoms with Gasteiger partial charge in [-0.05, 0) is 72.6 Å². The van der Waals surface area contributed by atoms with Gasteiger partial charge in [0.15, 0.2) is 5.82 Å². The number of anilines is 2. The van der Waals surface area contributed by atoms with Crippen molar-refractivity contribution in [3.63, 3.8) is 0 Å². The summed E-state index contributed by atoms with van der Waals surface area (Å²) in [5, 5.41) is 5.94. The van der Waals surface area contributed by atoms with Gasteiger partial charge in [0.05, 0.1) is 12.1 Å². The molecule has 3 nitrogen and oxygen atoms in total. The Morgan fingerprint density at radius 2 is 1.67 bits per heavy atom. The second-order valence-electron chi connectivity index (χ2n) is 9.01. The molecule has 0 spiro atoms. The molecule has 0 radical (unpaired) electrons. The summed E-state index contributed by atoms with van der Waals surface area (Å²) in [6.07, 6.45) is -4.06. The maximum Gasteiger partial charge on any atom is 0.416 e. The van der Waals surface area contributed by atoms with Crippen LogP contribution in [-0.2, 0) is 6.18 Å². The van der Waals surface area contributed by atoms with Gasteiger partial charge in [0.1, 0.15) is 17.5 Å². The predicted octanol–water partition coefficient (Wildman–Crippen LogP) is 7.64. The Hall–Kier alpha value is -3.58. The van der Waals surface area contributed by atoms with Crippen LogP contribution in [0.25, 0.3) is 10.8 Å². The summed E-state index contributed by atoms with van der Waals surface area (Å²) in [4.78, 5) is 1.70. The standard InChI is InChI=1S/C29H26F4N2O/c1-19(24-9-4-7-20-6-2-3-8-25(20)24)34-17-16-23-18-35(28-26(30)10-5-11-27(28)36-23)22-14-12-21(13-15-22)29(31,32)33/h2-15,19,23,34H,16-18H2,1H3/t19-,23?/m1/s1. The van der Waals surface area contributed by atoms with E-state index >= 15 is 0 Å².